The molecule has 0 aliphatic heterocycles. The Morgan fingerprint density at radius 3 is 2.50 bits per heavy atom. The Balaban J connectivity index is 2.93. The number of amides is 1. The van der Waals surface area contributed by atoms with Crippen molar-refractivity contribution in [2.45, 2.75) is 26.7 Å². The molecule has 0 radical (unpaired) electrons. The first-order valence-electron chi connectivity index (χ1n) is 6.78. The van der Waals surface area contributed by atoms with E-state index in [-0.39, 0.29) is 17.3 Å². The Morgan fingerprint density at radius 1 is 1.35 bits per heavy atom. The van der Waals surface area contributed by atoms with E-state index in [1.54, 1.807) is 13.1 Å². The van der Waals surface area contributed by atoms with Crippen LogP contribution in [-0.4, -0.2) is 24.4 Å². The van der Waals surface area contributed by atoms with Crippen LogP contribution in [0.4, 0.5) is 11.4 Å². The first kappa shape index (κ1) is 15.9. The van der Waals surface area contributed by atoms with Crippen LogP contribution in [0.5, 0.6) is 0 Å². The number of nitro benzene ring substituents is 1. The van der Waals surface area contributed by atoms with Gasteiger partial charge in [0, 0.05) is 19.7 Å². The number of nitrogens with zero attached hydrogens (tertiary/aromatic N) is 1. The van der Waals surface area contributed by atoms with E-state index in [9.17, 15) is 14.9 Å². The minimum absolute atomic E-state index is 0.0947. The number of nitro groups is 1. The summed E-state index contributed by atoms with van der Waals surface area (Å²) in [6.45, 7) is 4.73. The quantitative estimate of drug-likeness (QED) is 0.593. The number of para-hydroxylation sites is 1. The lowest BCUT2D eigenvalue weighted by Gasteiger charge is -2.14. The van der Waals surface area contributed by atoms with Crippen LogP contribution in [0, 0.1) is 16.0 Å². The molecule has 0 fully saturated rings. The van der Waals surface area contributed by atoms with Gasteiger partial charge >= 0.3 is 0 Å². The fourth-order valence-electron chi connectivity index (χ4n) is 2.05. The van der Waals surface area contributed by atoms with Crippen LogP contribution in [0.15, 0.2) is 18.2 Å². The van der Waals surface area contributed by atoms with Crippen molar-refractivity contribution in [1.29, 1.82) is 0 Å². The largest absolute Gasteiger partial charge is 0.382 e. The normalized spacial score (nSPS) is 10.4. The fourth-order valence-corrected chi connectivity index (χ4v) is 2.05. The van der Waals surface area contributed by atoms with E-state index >= 15 is 0 Å². The summed E-state index contributed by atoms with van der Waals surface area (Å²) >= 11 is 0. The molecule has 110 valence electrons. The maximum Gasteiger partial charge on any atom is 0.293 e. The second kappa shape index (κ2) is 7.47. The van der Waals surface area contributed by atoms with Gasteiger partial charge in [-0.15, -0.1) is 0 Å². The summed E-state index contributed by atoms with van der Waals surface area (Å²) in [7, 11) is 1.57. The van der Waals surface area contributed by atoms with E-state index in [0.29, 0.717) is 18.0 Å². The molecule has 0 saturated heterocycles. The first-order chi connectivity index (χ1) is 9.54. The minimum atomic E-state index is -0.497. The zero-order valence-electron chi connectivity index (χ0n) is 12.1. The molecule has 0 saturated carbocycles. The molecular weight excluding hydrogens is 258 g/mol. The molecule has 0 bridgehead atoms. The maximum atomic E-state index is 12.2. The highest BCUT2D eigenvalue weighted by molar-refractivity contribution is 6.01. The second-order valence-electron chi connectivity index (χ2n) is 4.60. The highest BCUT2D eigenvalue weighted by Crippen LogP contribution is 2.27. The molecule has 1 aromatic carbocycles. The summed E-state index contributed by atoms with van der Waals surface area (Å²) in [5, 5.41) is 16.5. The lowest BCUT2D eigenvalue weighted by Crippen LogP contribution is -2.29. The molecule has 6 heteroatoms. The Bertz CT molecular complexity index is 485. The third-order valence-corrected chi connectivity index (χ3v) is 3.44. The van der Waals surface area contributed by atoms with Crippen LogP contribution in [0.1, 0.15) is 37.0 Å². The van der Waals surface area contributed by atoms with Gasteiger partial charge in [0.1, 0.15) is 5.69 Å². The Hall–Kier alpha value is -2.11. The van der Waals surface area contributed by atoms with E-state index in [1.807, 2.05) is 0 Å². The third-order valence-electron chi connectivity index (χ3n) is 3.44. The number of carbonyl (C=O) groups excluding carboxylic acids is 1. The van der Waals surface area contributed by atoms with Crippen molar-refractivity contribution in [2.24, 2.45) is 5.92 Å². The van der Waals surface area contributed by atoms with E-state index in [4.69, 9.17) is 0 Å². The molecule has 1 aromatic rings. The molecule has 0 aliphatic carbocycles. The van der Waals surface area contributed by atoms with Crippen molar-refractivity contribution in [3.05, 3.63) is 33.9 Å². The molecule has 1 rings (SSSR count). The van der Waals surface area contributed by atoms with Crippen LogP contribution in [0.25, 0.3) is 0 Å². The van der Waals surface area contributed by atoms with Crippen LogP contribution in [0.2, 0.25) is 0 Å². The predicted octanol–water partition coefficient (Wildman–Crippen LogP) is 2.80. The molecule has 0 aromatic heterocycles. The van der Waals surface area contributed by atoms with Crippen molar-refractivity contribution in [3.63, 3.8) is 0 Å². The van der Waals surface area contributed by atoms with Crippen LogP contribution in [-0.2, 0) is 0 Å². The molecule has 0 spiro atoms. The zero-order valence-corrected chi connectivity index (χ0v) is 12.1. The van der Waals surface area contributed by atoms with Gasteiger partial charge in [-0.25, -0.2) is 0 Å². The van der Waals surface area contributed by atoms with Gasteiger partial charge in [-0.05, 0) is 12.0 Å². The van der Waals surface area contributed by atoms with Gasteiger partial charge in [-0.2, -0.15) is 0 Å². The number of benzene rings is 1. The molecule has 0 aliphatic rings. The fraction of sp³-hybridized carbons (Fsp3) is 0.500. The SMILES string of the molecule is CCC(CC)CNC(=O)c1cccc([N+](=O)[O-])c1NC. The molecule has 0 unspecified atom stereocenters. The zero-order chi connectivity index (χ0) is 15.1. The minimum Gasteiger partial charge on any atom is -0.382 e. The monoisotopic (exact) mass is 279 g/mol. The smallest absolute Gasteiger partial charge is 0.293 e. The van der Waals surface area contributed by atoms with E-state index in [0.717, 1.165) is 12.8 Å². The summed E-state index contributed by atoms with van der Waals surface area (Å²) in [6.07, 6.45) is 1.98. The summed E-state index contributed by atoms with van der Waals surface area (Å²) in [6, 6.07) is 4.48. The van der Waals surface area contributed by atoms with Gasteiger partial charge in [-0.1, -0.05) is 32.8 Å². The van der Waals surface area contributed by atoms with Crippen molar-refractivity contribution >= 4 is 17.3 Å². The molecular formula is C14H21N3O3. The van der Waals surface area contributed by atoms with Crippen LogP contribution in [0.3, 0.4) is 0 Å². The molecule has 0 heterocycles. The Kier molecular flexibility index (Phi) is 5.96. The van der Waals surface area contributed by atoms with Gasteiger partial charge in [-0.3, -0.25) is 14.9 Å². The van der Waals surface area contributed by atoms with Crippen molar-refractivity contribution in [1.82, 2.24) is 5.32 Å². The number of nitrogens with one attached hydrogen (secondary N) is 2. The van der Waals surface area contributed by atoms with Crippen LogP contribution >= 0.6 is 0 Å². The predicted molar refractivity (Wildman–Crippen MR) is 79.0 cm³/mol. The standard InChI is InChI=1S/C14H21N3O3/c1-4-10(5-2)9-16-14(18)11-7-6-8-12(17(19)20)13(11)15-3/h6-8,10,15H,4-5,9H2,1-3H3,(H,16,18). The van der Waals surface area contributed by atoms with Gasteiger partial charge < -0.3 is 10.6 Å². The van der Waals surface area contributed by atoms with Gasteiger partial charge in [0.05, 0.1) is 10.5 Å². The van der Waals surface area contributed by atoms with Crippen molar-refractivity contribution in [3.8, 4) is 0 Å². The summed E-state index contributed by atoms with van der Waals surface area (Å²) in [4.78, 5) is 22.6. The van der Waals surface area contributed by atoms with Gasteiger partial charge in [0.2, 0.25) is 0 Å². The van der Waals surface area contributed by atoms with Crippen molar-refractivity contribution in [2.75, 3.05) is 18.9 Å². The molecule has 2 N–H and O–H groups in total. The van der Waals surface area contributed by atoms with E-state index < -0.39 is 4.92 Å². The number of anilines is 1. The van der Waals surface area contributed by atoms with Gasteiger partial charge in [0.15, 0.2) is 0 Å². The summed E-state index contributed by atoms with van der Waals surface area (Å²) < 4.78 is 0. The summed E-state index contributed by atoms with van der Waals surface area (Å²) in [5.74, 6) is 0.139. The third kappa shape index (κ3) is 3.69. The maximum absolute atomic E-state index is 12.2. The number of carbonyl (C=O) groups is 1. The summed E-state index contributed by atoms with van der Waals surface area (Å²) in [5.41, 5.74) is 0.454. The Morgan fingerprint density at radius 2 is 2.00 bits per heavy atom. The highest BCUT2D eigenvalue weighted by Gasteiger charge is 2.20. The molecule has 20 heavy (non-hydrogen) atoms. The lowest BCUT2D eigenvalue weighted by molar-refractivity contribution is -0.384. The number of hydrogen-bond acceptors (Lipinski definition) is 4. The first-order valence-corrected chi connectivity index (χ1v) is 6.78. The number of rotatable bonds is 7. The van der Waals surface area contributed by atoms with E-state index in [2.05, 4.69) is 24.5 Å². The second-order valence-corrected chi connectivity index (χ2v) is 4.60. The highest BCUT2D eigenvalue weighted by atomic mass is 16.6. The average Bonchev–Trinajstić information content (AvgIpc) is 2.46. The Labute approximate surface area is 118 Å². The van der Waals surface area contributed by atoms with Gasteiger partial charge in [0.25, 0.3) is 11.6 Å². The molecule has 6 nitrogen and oxygen atoms in total. The average molecular weight is 279 g/mol. The lowest BCUT2D eigenvalue weighted by atomic mass is 10.0. The van der Waals surface area contributed by atoms with Crippen LogP contribution < -0.4 is 10.6 Å². The molecule has 1 amide bonds. The van der Waals surface area contributed by atoms with Crippen molar-refractivity contribution < 1.29 is 9.72 Å². The molecule has 0 atom stereocenters. The van der Waals surface area contributed by atoms with E-state index in [1.165, 1.54) is 12.1 Å². The number of hydrogen-bond donors (Lipinski definition) is 2. The topological polar surface area (TPSA) is 84.3 Å².